The van der Waals surface area contributed by atoms with Crippen molar-refractivity contribution in [2.45, 2.75) is 18.9 Å². The largest absolute Gasteiger partial charge is 0.480 e. The Morgan fingerprint density at radius 1 is 1.56 bits per heavy atom. The summed E-state index contributed by atoms with van der Waals surface area (Å²) in [6, 6.07) is -0.687. The van der Waals surface area contributed by atoms with Crippen molar-refractivity contribution in [2.24, 2.45) is 7.05 Å². The summed E-state index contributed by atoms with van der Waals surface area (Å²) in [4.78, 5) is 24.3. The fourth-order valence-electron chi connectivity index (χ4n) is 1.96. The van der Waals surface area contributed by atoms with Gasteiger partial charge in [-0.15, -0.1) is 0 Å². The number of aromatic nitrogens is 2. The normalized spacial score (nSPS) is 20.1. The molecule has 2 heterocycles. The summed E-state index contributed by atoms with van der Waals surface area (Å²) in [6.45, 7) is 0.505. The van der Waals surface area contributed by atoms with E-state index in [2.05, 4.69) is 5.10 Å². The monoisotopic (exact) mass is 223 g/mol. The van der Waals surface area contributed by atoms with Crippen LogP contribution in [0.5, 0.6) is 0 Å². The van der Waals surface area contributed by atoms with Crippen molar-refractivity contribution in [2.75, 3.05) is 6.54 Å². The molecule has 6 nitrogen and oxygen atoms in total. The summed E-state index contributed by atoms with van der Waals surface area (Å²) < 4.78 is 1.53. The molecule has 1 amide bonds. The molecule has 0 spiro atoms. The molecule has 0 bridgehead atoms. The highest BCUT2D eigenvalue weighted by atomic mass is 16.4. The molecular formula is C10H13N3O3. The van der Waals surface area contributed by atoms with E-state index in [0.29, 0.717) is 18.5 Å². The van der Waals surface area contributed by atoms with Gasteiger partial charge >= 0.3 is 5.97 Å². The highest BCUT2D eigenvalue weighted by molar-refractivity contribution is 5.96. The molecule has 86 valence electrons. The first-order valence-corrected chi connectivity index (χ1v) is 5.12. The number of nitrogens with zero attached hydrogens (tertiary/aromatic N) is 3. The number of carbonyl (C=O) groups excluding carboxylic acids is 1. The van der Waals surface area contributed by atoms with E-state index < -0.39 is 12.0 Å². The maximum atomic E-state index is 12.0. The van der Waals surface area contributed by atoms with Crippen molar-refractivity contribution in [1.82, 2.24) is 14.7 Å². The third-order valence-corrected chi connectivity index (χ3v) is 2.75. The Hall–Kier alpha value is -1.85. The summed E-state index contributed by atoms with van der Waals surface area (Å²) in [5, 5.41) is 12.9. The van der Waals surface area contributed by atoms with Gasteiger partial charge in [-0.1, -0.05) is 0 Å². The molecule has 1 fully saturated rings. The average Bonchev–Trinajstić information content (AvgIpc) is 2.84. The van der Waals surface area contributed by atoms with Crippen molar-refractivity contribution in [3.63, 3.8) is 0 Å². The topological polar surface area (TPSA) is 75.4 Å². The Kier molecular flexibility index (Phi) is 2.64. The van der Waals surface area contributed by atoms with Crippen molar-refractivity contribution >= 4 is 11.9 Å². The van der Waals surface area contributed by atoms with Gasteiger partial charge in [0.05, 0.1) is 11.8 Å². The van der Waals surface area contributed by atoms with Crippen molar-refractivity contribution in [3.8, 4) is 0 Å². The van der Waals surface area contributed by atoms with Gasteiger partial charge in [-0.3, -0.25) is 9.48 Å². The second kappa shape index (κ2) is 3.96. The van der Waals surface area contributed by atoms with E-state index in [1.165, 1.54) is 15.8 Å². The summed E-state index contributed by atoms with van der Waals surface area (Å²) in [5.74, 6) is -1.19. The van der Waals surface area contributed by atoms with E-state index >= 15 is 0 Å². The summed E-state index contributed by atoms with van der Waals surface area (Å²) in [7, 11) is 1.72. The maximum Gasteiger partial charge on any atom is 0.326 e. The number of likely N-dealkylation sites (tertiary alicyclic amines) is 1. The molecule has 0 aliphatic carbocycles. The van der Waals surface area contributed by atoms with E-state index in [0.717, 1.165) is 6.42 Å². The Bertz CT molecular complexity index is 427. The van der Waals surface area contributed by atoms with Crippen LogP contribution in [-0.2, 0) is 11.8 Å². The van der Waals surface area contributed by atoms with E-state index in [1.54, 1.807) is 13.2 Å². The quantitative estimate of drug-likeness (QED) is 0.772. The fourth-order valence-corrected chi connectivity index (χ4v) is 1.96. The molecule has 1 aliphatic rings. The van der Waals surface area contributed by atoms with Gasteiger partial charge in [0.1, 0.15) is 6.04 Å². The average molecular weight is 223 g/mol. The lowest BCUT2D eigenvalue weighted by Gasteiger charge is -2.20. The molecule has 1 aromatic heterocycles. The third kappa shape index (κ3) is 1.78. The zero-order valence-corrected chi connectivity index (χ0v) is 8.96. The van der Waals surface area contributed by atoms with Crippen LogP contribution >= 0.6 is 0 Å². The Morgan fingerprint density at radius 3 is 2.88 bits per heavy atom. The Labute approximate surface area is 92.5 Å². The van der Waals surface area contributed by atoms with Gasteiger partial charge in [-0.05, 0) is 12.8 Å². The van der Waals surface area contributed by atoms with Gasteiger partial charge in [-0.2, -0.15) is 5.10 Å². The molecule has 1 atom stereocenters. The van der Waals surface area contributed by atoms with Gasteiger partial charge in [0.15, 0.2) is 0 Å². The molecule has 16 heavy (non-hydrogen) atoms. The minimum absolute atomic E-state index is 0.252. The zero-order chi connectivity index (χ0) is 11.7. The van der Waals surface area contributed by atoms with Gasteiger partial charge in [0, 0.05) is 19.8 Å². The molecule has 1 aromatic rings. The molecule has 6 heteroatoms. The second-order valence-corrected chi connectivity index (χ2v) is 3.90. The van der Waals surface area contributed by atoms with Gasteiger partial charge < -0.3 is 10.0 Å². The number of hydrogen-bond acceptors (Lipinski definition) is 3. The zero-order valence-electron chi connectivity index (χ0n) is 8.96. The van der Waals surface area contributed by atoms with Crippen LogP contribution in [0.2, 0.25) is 0 Å². The van der Waals surface area contributed by atoms with Crippen LogP contribution in [0, 0.1) is 0 Å². The smallest absolute Gasteiger partial charge is 0.326 e. The van der Waals surface area contributed by atoms with Crippen LogP contribution in [0.25, 0.3) is 0 Å². The molecule has 0 aromatic carbocycles. The van der Waals surface area contributed by atoms with Crippen LogP contribution in [0.4, 0.5) is 0 Å². The molecule has 0 unspecified atom stereocenters. The maximum absolute atomic E-state index is 12.0. The van der Waals surface area contributed by atoms with Crippen molar-refractivity contribution < 1.29 is 14.7 Å². The second-order valence-electron chi connectivity index (χ2n) is 3.90. The Balaban J connectivity index is 2.18. The number of carboxylic acid groups (broad SMARTS) is 1. The van der Waals surface area contributed by atoms with E-state index in [4.69, 9.17) is 5.11 Å². The molecule has 0 saturated carbocycles. The molecule has 0 radical (unpaired) electrons. The van der Waals surface area contributed by atoms with Gasteiger partial charge in [0.25, 0.3) is 5.91 Å². The third-order valence-electron chi connectivity index (χ3n) is 2.75. The van der Waals surface area contributed by atoms with Gasteiger partial charge in [-0.25, -0.2) is 4.79 Å². The molecule has 1 aliphatic heterocycles. The SMILES string of the molecule is Cn1cc(C(=O)N2CCC[C@H]2C(=O)O)cn1. The predicted octanol–water partition coefficient (Wildman–Crippen LogP) is 0.109. The lowest BCUT2D eigenvalue weighted by Crippen LogP contribution is -2.40. The highest BCUT2D eigenvalue weighted by Crippen LogP contribution is 2.19. The highest BCUT2D eigenvalue weighted by Gasteiger charge is 2.34. The van der Waals surface area contributed by atoms with E-state index in [1.807, 2.05) is 0 Å². The summed E-state index contributed by atoms with van der Waals surface area (Å²) in [6.07, 6.45) is 4.32. The minimum Gasteiger partial charge on any atom is -0.480 e. The number of rotatable bonds is 2. The van der Waals surface area contributed by atoms with Crippen LogP contribution in [0.15, 0.2) is 12.4 Å². The summed E-state index contributed by atoms with van der Waals surface area (Å²) >= 11 is 0. The Morgan fingerprint density at radius 2 is 2.31 bits per heavy atom. The minimum atomic E-state index is -0.935. The predicted molar refractivity (Wildman–Crippen MR) is 54.9 cm³/mol. The van der Waals surface area contributed by atoms with Crippen LogP contribution in [0.1, 0.15) is 23.2 Å². The van der Waals surface area contributed by atoms with Crippen molar-refractivity contribution in [3.05, 3.63) is 18.0 Å². The van der Waals surface area contributed by atoms with Gasteiger partial charge in [0.2, 0.25) is 0 Å². The molecular weight excluding hydrogens is 210 g/mol. The van der Waals surface area contributed by atoms with E-state index in [-0.39, 0.29) is 5.91 Å². The first-order chi connectivity index (χ1) is 7.59. The lowest BCUT2D eigenvalue weighted by molar-refractivity contribution is -0.141. The number of amides is 1. The number of aliphatic carboxylic acids is 1. The molecule has 1 N–H and O–H groups in total. The number of hydrogen-bond donors (Lipinski definition) is 1. The number of carboxylic acids is 1. The molecule has 2 rings (SSSR count). The molecule has 1 saturated heterocycles. The van der Waals surface area contributed by atoms with E-state index in [9.17, 15) is 9.59 Å². The number of carbonyl (C=O) groups is 2. The van der Waals surface area contributed by atoms with Crippen LogP contribution < -0.4 is 0 Å². The fraction of sp³-hybridized carbons (Fsp3) is 0.500. The first kappa shape index (κ1) is 10.7. The van der Waals surface area contributed by atoms with Crippen LogP contribution in [0.3, 0.4) is 0 Å². The van der Waals surface area contributed by atoms with Crippen LogP contribution in [-0.4, -0.2) is 44.3 Å². The standard InChI is InChI=1S/C10H13N3O3/c1-12-6-7(5-11-12)9(14)13-4-2-3-8(13)10(15)16/h5-6,8H,2-4H2,1H3,(H,15,16)/t8-/m0/s1. The summed E-state index contributed by atoms with van der Waals surface area (Å²) in [5.41, 5.74) is 0.440. The first-order valence-electron chi connectivity index (χ1n) is 5.12. The number of aryl methyl sites for hydroxylation is 1. The van der Waals surface area contributed by atoms with Crippen molar-refractivity contribution in [1.29, 1.82) is 0 Å². The lowest BCUT2D eigenvalue weighted by atomic mass is 10.2.